The second-order valence-corrected chi connectivity index (χ2v) is 3.84. The summed E-state index contributed by atoms with van der Waals surface area (Å²) in [6.07, 6.45) is 4.77. The van der Waals surface area contributed by atoms with E-state index >= 15 is 0 Å². The van der Waals surface area contributed by atoms with Crippen LogP contribution in [0.15, 0.2) is 16.7 Å². The molecule has 0 radical (unpaired) electrons. The number of rotatable bonds is 4. The van der Waals surface area contributed by atoms with E-state index in [1.165, 1.54) is 0 Å². The SMILES string of the molecule is COCc1ccoc1CC1(N)CC1. The van der Waals surface area contributed by atoms with Crippen LogP contribution in [-0.2, 0) is 17.8 Å². The lowest BCUT2D eigenvalue weighted by molar-refractivity contribution is 0.182. The van der Waals surface area contributed by atoms with E-state index in [4.69, 9.17) is 14.9 Å². The van der Waals surface area contributed by atoms with Crippen LogP contribution in [0, 0.1) is 0 Å². The van der Waals surface area contributed by atoms with Crippen molar-refractivity contribution in [3.63, 3.8) is 0 Å². The van der Waals surface area contributed by atoms with Gasteiger partial charge in [-0.05, 0) is 18.9 Å². The van der Waals surface area contributed by atoms with Crippen LogP contribution in [0.3, 0.4) is 0 Å². The number of ether oxygens (including phenoxy) is 1. The van der Waals surface area contributed by atoms with Gasteiger partial charge in [0.05, 0.1) is 12.9 Å². The van der Waals surface area contributed by atoms with Crippen molar-refractivity contribution in [2.75, 3.05) is 7.11 Å². The van der Waals surface area contributed by atoms with Crippen molar-refractivity contribution in [2.24, 2.45) is 5.73 Å². The van der Waals surface area contributed by atoms with Crippen LogP contribution >= 0.6 is 0 Å². The highest BCUT2D eigenvalue weighted by atomic mass is 16.5. The Balaban J connectivity index is 2.06. The quantitative estimate of drug-likeness (QED) is 0.765. The number of nitrogens with two attached hydrogens (primary N) is 1. The van der Waals surface area contributed by atoms with E-state index in [0.717, 1.165) is 30.6 Å². The van der Waals surface area contributed by atoms with Gasteiger partial charge in [-0.15, -0.1) is 0 Å². The van der Waals surface area contributed by atoms with Gasteiger partial charge in [-0.1, -0.05) is 0 Å². The van der Waals surface area contributed by atoms with Crippen molar-refractivity contribution in [3.05, 3.63) is 23.7 Å². The van der Waals surface area contributed by atoms with Crippen LogP contribution < -0.4 is 5.73 Å². The molecule has 1 aliphatic rings. The number of methoxy groups -OCH3 is 1. The molecule has 0 atom stereocenters. The van der Waals surface area contributed by atoms with E-state index in [1.807, 2.05) is 6.07 Å². The summed E-state index contributed by atoms with van der Waals surface area (Å²) in [6, 6.07) is 1.95. The molecule has 1 aromatic rings. The van der Waals surface area contributed by atoms with Crippen LogP contribution in [0.5, 0.6) is 0 Å². The molecule has 0 saturated heterocycles. The third kappa shape index (κ3) is 1.92. The predicted octanol–water partition coefficient (Wildman–Crippen LogP) is 1.46. The summed E-state index contributed by atoms with van der Waals surface area (Å²) in [5.74, 6) is 0.988. The highest BCUT2D eigenvalue weighted by molar-refractivity contribution is 5.20. The Morgan fingerprint density at radius 2 is 2.38 bits per heavy atom. The molecule has 0 unspecified atom stereocenters. The molecule has 0 aromatic carbocycles. The van der Waals surface area contributed by atoms with E-state index in [2.05, 4.69) is 0 Å². The van der Waals surface area contributed by atoms with Gasteiger partial charge >= 0.3 is 0 Å². The van der Waals surface area contributed by atoms with E-state index < -0.39 is 0 Å². The molecular formula is C10H15NO2. The van der Waals surface area contributed by atoms with E-state index in [1.54, 1.807) is 13.4 Å². The maximum absolute atomic E-state index is 6.00. The molecule has 3 heteroatoms. The van der Waals surface area contributed by atoms with Crippen molar-refractivity contribution in [2.45, 2.75) is 31.4 Å². The van der Waals surface area contributed by atoms with E-state index in [-0.39, 0.29) is 5.54 Å². The Morgan fingerprint density at radius 1 is 1.62 bits per heavy atom. The second-order valence-electron chi connectivity index (χ2n) is 3.84. The fraction of sp³-hybridized carbons (Fsp3) is 0.600. The summed E-state index contributed by atoms with van der Waals surface area (Å²) in [6.45, 7) is 0.613. The number of hydrogen-bond acceptors (Lipinski definition) is 3. The zero-order valence-electron chi connectivity index (χ0n) is 7.88. The summed E-state index contributed by atoms with van der Waals surface area (Å²) in [5, 5.41) is 0. The Bertz CT molecular complexity index is 289. The van der Waals surface area contributed by atoms with Crippen LogP contribution in [0.25, 0.3) is 0 Å². The van der Waals surface area contributed by atoms with Gasteiger partial charge in [-0.25, -0.2) is 0 Å². The fourth-order valence-electron chi connectivity index (χ4n) is 1.46. The summed E-state index contributed by atoms with van der Waals surface area (Å²) in [4.78, 5) is 0. The molecule has 72 valence electrons. The molecule has 1 aromatic heterocycles. The molecular weight excluding hydrogens is 166 g/mol. The molecule has 0 amide bonds. The minimum Gasteiger partial charge on any atom is -0.469 e. The van der Waals surface area contributed by atoms with Crippen molar-refractivity contribution >= 4 is 0 Å². The first-order valence-electron chi connectivity index (χ1n) is 4.57. The van der Waals surface area contributed by atoms with Gasteiger partial charge in [0.1, 0.15) is 5.76 Å². The minimum absolute atomic E-state index is 0.0142. The highest BCUT2D eigenvalue weighted by Crippen LogP contribution is 2.36. The minimum atomic E-state index is 0.0142. The van der Waals surface area contributed by atoms with Gasteiger partial charge in [-0.2, -0.15) is 0 Å². The lowest BCUT2D eigenvalue weighted by atomic mass is 10.1. The average Bonchev–Trinajstić information content (AvgIpc) is 2.65. The average molecular weight is 181 g/mol. The zero-order chi connectivity index (χ0) is 9.31. The molecule has 13 heavy (non-hydrogen) atoms. The first-order valence-corrected chi connectivity index (χ1v) is 4.57. The molecule has 0 bridgehead atoms. The monoisotopic (exact) mass is 181 g/mol. The fourth-order valence-corrected chi connectivity index (χ4v) is 1.46. The van der Waals surface area contributed by atoms with Gasteiger partial charge in [0.15, 0.2) is 0 Å². The summed E-state index contributed by atoms with van der Waals surface area (Å²) < 4.78 is 10.4. The lowest BCUT2D eigenvalue weighted by Crippen LogP contribution is -2.24. The molecule has 3 nitrogen and oxygen atoms in total. The Morgan fingerprint density at radius 3 is 3.00 bits per heavy atom. The molecule has 2 rings (SSSR count). The van der Waals surface area contributed by atoms with Crippen molar-refractivity contribution in [1.29, 1.82) is 0 Å². The van der Waals surface area contributed by atoms with Gasteiger partial charge < -0.3 is 14.9 Å². The summed E-state index contributed by atoms with van der Waals surface area (Å²) in [7, 11) is 1.69. The van der Waals surface area contributed by atoms with Crippen LogP contribution in [0.4, 0.5) is 0 Å². The van der Waals surface area contributed by atoms with Gasteiger partial charge in [0.2, 0.25) is 0 Å². The topological polar surface area (TPSA) is 48.4 Å². The Hall–Kier alpha value is -0.800. The maximum Gasteiger partial charge on any atom is 0.111 e. The summed E-state index contributed by atoms with van der Waals surface area (Å²) >= 11 is 0. The standard InChI is InChI=1S/C10H15NO2/c1-12-7-8-2-5-13-9(8)6-10(11)3-4-10/h2,5H,3-4,6-7,11H2,1H3. The van der Waals surface area contributed by atoms with Crippen LogP contribution in [0.2, 0.25) is 0 Å². The van der Waals surface area contributed by atoms with Crippen molar-refractivity contribution < 1.29 is 9.15 Å². The van der Waals surface area contributed by atoms with E-state index in [0.29, 0.717) is 6.61 Å². The van der Waals surface area contributed by atoms with E-state index in [9.17, 15) is 0 Å². The van der Waals surface area contributed by atoms with Gasteiger partial charge in [0, 0.05) is 24.6 Å². The second kappa shape index (κ2) is 3.16. The highest BCUT2D eigenvalue weighted by Gasteiger charge is 2.39. The molecule has 1 fully saturated rings. The molecule has 0 spiro atoms. The Labute approximate surface area is 77.9 Å². The normalized spacial score (nSPS) is 18.9. The molecule has 0 aliphatic heterocycles. The van der Waals surface area contributed by atoms with Crippen LogP contribution in [0.1, 0.15) is 24.2 Å². The third-order valence-corrected chi connectivity index (χ3v) is 2.54. The van der Waals surface area contributed by atoms with Gasteiger partial charge in [-0.3, -0.25) is 0 Å². The van der Waals surface area contributed by atoms with Crippen LogP contribution in [-0.4, -0.2) is 12.6 Å². The molecule has 2 N–H and O–H groups in total. The zero-order valence-corrected chi connectivity index (χ0v) is 7.88. The van der Waals surface area contributed by atoms with Gasteiger partial charge in [0.25, 0.3) is 0 Å². The smallest absolute Gasteiger partial charge is 0.111 e. The Kier molecular flexibility index (Phi) is 2.14. The number of furan rings is 1. The largest absolute Gasteiger partial charge is 0.469 e. The lowest BCUT2D eigenvalue weighted by Gasteiger charge is -2.07. The summed E-state index contributed by atoms with van der Waals surface area (Å²) in [5.41, 5.74) is 7.14. The molecule has 1 heterocycles. The first-order chi connectivity index (χ1) is 6.23. The van der Waals surface area contributed by atoms with Crippen molar-refractivity contribution in [1.82, 2.24) is 0 Å². The number of hydrogen-bond donors (Lipinski definition) is 1. The first kappa shape index (κ1) is 8.78. The molecule has 1 saturated carbocycles. The van der Waals surface area contributed by atoms with Crippen molar-refractivity contribution in [3.8, 4) is 0 Å². The predicted molar refractivity (Wildman–Crippen MR) is 49.3 cm³/mol. The maximum atomic E-state index is 6.00. The third-order valence-electron chi connectivity index (χ3n) is 2.54. The molecule has 1 aliphatic carbocycles.